The van der Waals surface area contributed by atoms with Crippen LogP contribution in [0, 0.1) is 0 Å². The fraction of sp³-hybridized carbons (Fsp3) is 0.462. The molecule has 0 heterocycles. The molecule has 74 valence electrons. The topological polar surface area (TPSA) is 17.1 Å². The lowest BCUT2D eigenvalue weighted by Gasteiger charge is -2.09. The molecule has 0 aliphatic heterocycles. The molecule has 1 aromatic carbocycles. The molecule has 1 aliphatic rings. The third-order valence-corrected chi connectivity index (χ3v) is 2.85. The van der Waals surface area contributed by atoms with Crippen LogP contribution in [-0.2, 0) is 0 Å². The lowest BCUT2D eigenvalue weighted by atomic mass is 9.96. The highest BCUT2D eigenvalue weighted by Crippen LogP contribution is 2.41. The number of hydrogen-bond donors (Lipinski definition) is 0. The molecule has 1 aliphatic carbocycles. The van der Waals surface area contributed by atoms with Gasteiger partial charge < -0.3 is 0 Å². The number of aldehydes is 1. The summed E-state index contributed by atoms with van der Waals surface area (Å²) in [7, 11) is 0. The molecule has 1 heteroatoms. The van der Waals surface area contributed by atoms with Crippen molar-refractivity contribution < 1.29 is 4.79 Å². The van der Waals surface area contributed by atoms with Gasteiger partial charge in [0.15, 0.2) is 0 Å². The lowest BCUT2D eigenvalue weighted by Crippen LogP contribution is -1.93. The predicted molar refractivity (Wildman–Crippen MR) is 57.9 cm³/mol. The van der Waals surface area contributed by atoms with Gasteiger partial charge in [0.05, 0.1) is 0 Å². The van der Waals surface area contributed by atoms with Gasteiger partial charge in [-0.15, -0.1) is 0 Å². The standard InChI is InChI=1S/C13H16O/c1-9(2)12-5-10(8-14)6-13(7-12)11-3-4-11/h5-9,11H,3-4H2,1-2H3. The summed E-state index contributed by atoms with van der Waals surface area (Å²) in [5.74, 6) is 1.24. The fourth-order valence-corrected chi connectivity index (χ4v) is 1.76. The van der Waals surface area contributed by atoms with Gasteiger partial charge in [0, 0.05) is 5.56 Å². The molecule has 0 N–H and O–H groups in total. The largest absolute Gasteiger partial charge is 0.298 e. The van der Waals surface area contributed by atoms with Crippen molar-refractivity contribution in [3.63, 3.8) is 0 Å². The summed E-state index contributed by atoms with van der Waals surface area (Å²) in [4.78, 5) is 10.8. The molecule has 2 rings (SSSR count). The zero-order valence-electron chi connectivity index (χ0n) is 8.79. The molecule has 0 aromatic heterocycles. The van der Waals surface area contributed by atoms with Crippen molar-refractivity contribution in [3.8, 4) is 0 Å². The molecular formula is C13H16O. The molecule has 0 bridgehead atoms. The van der Waals surface area contributed by atoms with E-state index in [2.05, 4.69) is 19.9 Å². The molecule has 0 saturated heterocycles. The molecule has 14 heavy (non-hydrogen) atoms. The highest BCUT2D eigenvalue weighted by Gasteiger charge is 2.24. The second kappa shape index (κ2) is 3.56. The maximum absolute atomic E-state index is 10.8. The third kappa shape index (κ3) is 1.87. The molecule has 1 fully saturated rings. The fourth-order valence-electron chi connectivity index (χ4n) is 1.76. The first-order chi connectivity index (χ1) is 6.70. The van der Waals surface area contributed by atoms with Crippen LogP contribution < -0.4 is 0 Å². The average molecular weight is 188 g/mol. The molecule has 1 nitrogen and oxygen atoms in total. The quantitative estimate of drug-likeness (QED) is 0.663. The summed E-state index contributed by atoms with van der Waals surface area (Å²) in [5.41, 5.74) is 3.48. The number of carbonyl (C=O) groups is 1. The summed E-state index contributed by atoms with van der Waals surface area (Å²) in [6.45, 7) is 4.33. The third-order valence-electron chi connectivity index (χ3n) is 2.85. The van der Waals surface area contributed by atoms with Crippen molar-refractivity contribution in [2.24, 2.45) is 0 Å². The van der Waals surface area contributed by atoms with Crippen LogP contribution in [0.25, 0.3) is 0 Å². The van der Waals surface area contributed by atoms with Crippen LogP contribution in [-0.4, -0.2) is 6.29 Å². The van der Waals surface area contributed by atoms with Gasteiger partial charge in [0.25, 0.3) is 0 Å². The van der Waals surface area contributed by atoms with E-state index in [1.165, 1.54) is 24.0 Å². The Morgan fingerprint density at radius 2 is 2.00 bits per heavy atom. The first kappa shape index (κ1) is 9.45. The number of rotatable bonds is 3. The maximum atomic E-state index is 10.8. The van der Waals surface area contributed by atoms with Crippen LogP contribution in [0.15, 0.2) is 18.2 Å². The van der Waals surface area contributed by atoms with E-state index in [0.29, 0.717) is 5.92 Å². The van der Waals surface area contributed by atoms with E-state index in [9.17, 15) is 4.79 Å². The molecule has 0 unspecified atom stereocenters. The second-order valence-electron chi connectivity index (χ2n) is 4.48. The minimum Gasteiger partial charge on any atom is -0.298 e. The SMILES string of the molecule is CC(C)c1cc(C=O)cc(C2CC2)c1. The second-order valence-corrected chi connectivity index (χ2v) is 4.48. The van der Waals surface area contributed by atoms with Crippen LogP contribution in [0.2, 0.25) is 0 Å². The van der Waals surface area contributed by atoms with Crippen molar-refractivity contribution in [3.05, 3.63) is 34.9 Å². The summed E-state index contributed by atoms with van der Waals surface area (Å²) < 4.78 is 0. The van der Waals surface area contributed by atoms with Gasteiger partial charge in [0.2, 0.25) is 0 Å². The van der Waals surface area contributed by atoms with Crippen molar-refractivity contribution >= 4 is 6.29 Å². The number of carbonyl (C=O) groups excluding carboxylic acids is 1. The Balaban J connectivity index is 2.40. The number of benzene rings is 1. The van der Waals surface area contributed by atoms with Crippen molar-refractivity contribution in [2.75, 3.05) is 0 Å². The Kier molecular flexibility index (Phi) is 2.40. The normalized spacial score (nSPS) is 15.9. The van der Waals surface area contributed by atoms with Gasteiger partial charge in [-0.25, -0.2) is 0 Å². The zero-order valence-corrected chi connectivity index (χ0v) is 8.79. The lowest BCUT2D eigenvalue weighted by molar-refractivity contribution is 0.112. The summed E-state index contributed by atoms with van der Waals surface area (Å²) in [5, 5.41) is 0. The first-order valence-corrected chi connectivity index (χ1v) is 5.30. The molecule has 0 amide bonds. The molecule has 0 spiro atoms. The van der Waals surface area contributed by atoms with E-state index >= 15 is 0 Å². The molecule has 1 aromatic rings. The highest BCUT2D eigenvalue weighted by atomic mass is 16.1. The highest BCUT2D eigenvalue weighted by molar-refractivity contribution is 5.75. The Bertz CT molecular complexity index is 328. The maximum Gasteiger partial charge on any atom is 0.150 e. The van der Waals surface area contributed by atoms with Crippen LogP contribution in [0.3, 0.4) is 0 Å². The molecule has 1 saturated carbocycles. The van der Waals surface area contributed by atoms with E-state index in [1.54, 1.807) is 0 Å². The summed E-state index contributed by atoms with van der Waals surface area (Å²) in [6.07, 6.45) is 3.54. The van der Waals surface area contributed by atoms with E-state index in [1.807, 2.05) is 12.1 Å². The smallest absolute Gasteiger partial charge is 0.150 e. The van der Waals surface area contributed by atoms with E-state index in [0.717, 1.165) is 17.8 Å². The van der Waals surface area contributed by atoms with Gasteiger partial charge >= 0.3 is 0 Å². The van der Waals surface area contributed by atoms with Crippen molar-refractivity contribution in [2.45, 2.75) is 38.5 Å². The molecule has 0 atom stereocenters. The van der Waals surface area contributed by atoms with Crippen molar-refractivity contribution in [1.29, 1.82) is 0 Å². The predicted octanol–water partition coefficient (Wildman–Crippen LogP) is 3.50. The first-order valence-electron chi connectivity index (χ1n) is 5.30. The molecule has 0 radical (unpaired) electrons. The summed E-state index contributed by atoms with van der Waals surface area (Å²) in [6, 6.07) is 6.30. The van der Waals surface area contributed by atoms with Gasteiger partial charge in [-0.1, -0.05) is 19.9 Å². The number of hydrogen-bond acceptors (Lipinski definition) is 1. The summed E-state index contributed by atoms with van der Waals surface area (Å²) >= 11 is 0. The minimum atomic E-state index is 0.507. The Morgan fingerprint density at radius 1 is 1.29 bits per heavy atom. The van der Waals surface area contributed by atoms with Crippen LogP contribution in [0.5, 0.6) is 0 Å². The van der Waals surface area contributed by atoms with E-state index in [-0.39, 0.29) is 0 Å². The van der Waals surface area contributed by atoms with Crippen LogP contribution in [0.1, 0.15) is 60.0 Å². The van der Waals surface area contributed by atoms with Gasteiger partial charge in [-0.3, -0.25) is 4.79 Å². The van der Waals surface area contributed by atoms with Gasteiger partial charge in [-0.2, -0.15) is 0 Å². The van der Waals surface area contributed by atoms with Gasteiger partial charge in [-0.05, 0) is 47.9 Å². The Morgan fingerprint density at radius 3 is 2.50 bits per heavy atom. The average Bonchev–Trinajstić information content (AvgIpc) is 3.00. The zero-order chi connectivity index (χ0) is 10.1. The van der Waals surface area contributed by atoms with Crippen molar-refractivity contribution in [1.82, 2.24) is 0 Å². The molecular weight excluding hydrogens is 172 g/mol. The minimum absolute atomic E-state index is 0.507. The van der Waals surface area contributed by atoms with E-state index in [4.69, 9.17) is 0 Å². The van der Waals surface area contributed by atoms with Crippen LogP contribution in [0.4, 0.5) is 0 Å². The Labute approximate surface area is 85.1 Å². The Hall–Kier alpha value is -1.11. The van der Waals surface area contributed by atoms with Gasteiger partial charge in [0.1, 0.15) is 6.29 Å². The van der Waals surface area contributed by atoms with E-state index < -0.39 is 0 Å². The van der Waals surface area contributed by atoms with Crippen LogP contribution >= 0.6 is 0 Å². The monoisotopic (exact) mass is 188 g/mol.